The molecule has 0 aromatic heterocycles. The van der Waals surface area contributed by atoms with Gasteiger partial charge in [0, 0.05) is 31.7 Å². The summed E-state index contributed by atoms with van der Waals surface area (Å²) in [6.07, 6.45) is 2.27. The maximum atomic E-state index is 11.8. The second-order valence-electron chi connectivity index (χ2n) is 7.63. The molecule has 1 aromatic rings. The molecule has 1 atom stereocenters. The lowest BCUT2D eigenvalue weighted by Crippen LogP contribution is -2.42. The van der Waals surface area contributed by atoms with Gasteiger partial charge in [-0.2, -0.15) is 0 Å². The molecule has 0 saturated carbocycles. The first-order valence-electron chi connectivity index (χ1n) is 9.09. The van der Waals surface area contributed by atoms with Crippen LogP contribution in [-0.2, 0) is 6.54 Å². The number of benzene rings is 1. The summed E-state index contributed by atoms with van der Waals surface area (Å²) in [5.41, 5.74) is 2.14. The Morgan fingerprint density at radius 1 is 1.15 bits per heavy atom. The molecule has 0 saturated heterocycles. The average molecular weight is 474 g/mol. The smallest absolute Gasteiger partial charge is 0.251 e. The van der Waals surface area contributed by atoms with Gasteiger partial charge in [0.25, 0.3) is 5.91 Å². The molecule has 148 valence electrons. The fraction of sp³-hybridized carbons (Fsp3) is 0.600. The predicted octanol–water partition coefficient (Wildman–Crippen LogP) is 3.93. The van der Waals surface area contributed by atoms with Gasteiger partial charge in [-0.25, -0.2) is 0 Å². The monoisotopic (exact) mass is 474 g/mol. The molecule has 0 bridgehead atoms. The topological polar surface area (TPSA) is 65.5 Å². The highest BCUT2D eigenvalue weighted by molar-refractivity contribution is 14.0. The summed E-state index contributed by atoms with van der Waals surface area (Å²) in [6, 6.07) is 8.00. The van der Waals surface area contributed by atoms with Crippen molar-refractivity contribution < 1.29 is 4.79 Å². The second kappa shape index (κ2) is 12.1. The van der Waals surface area contributed by atoms with Gasteiger partial charge in [-0.15, -0.1) is 24.0 Å². The Hall–Kier alpha value is -1.31. The summed E-state index contributed by atoms with van der Waals surface area (Å²) < 4.78 is 0. The minimum Gasteiger partial charge on any atom is -0.354 e. The van der Waals surface area contributed by atoms with Crippen LogP contribution in [0.25, 0.3) is 0 Å². The van der Waals surface area contributed by atoms with Crippen LogP contribution in [0.15, 0.2) is 29.3 Å². The Morgan fingerprint density at radius 3 is 2.27 bits per heavy atom. The molecule has 1 amide bonds. The van der Waals surface area contributed by atoms with Gasteiger partial charge in [0.2, 0.25) is 0 Å². The highest BCUT2D eigenvalue weighted by atomic mass is 127. The molecule has 1 rings (SSSR count). The molecular weight excluding hydrogens is 439 g/mol. The predicted molar refractivity (Wildman–Crippen MR) is 121 cm³/mol. The van der Waals surface area contributed by atoms with Crippen LogP contribution in [-0.4, -0.2) is 31.5 Å². The number of carbonyl (C=O) groups is 1. The van der Waals surface area contributed by atoms with E-state index in [1.165, 1.54) is 6.42 Å². The van der Waals surface area contributed by atoms with Crippen molar-refractivity contribution in [2.45, 2.75) is 60.0 Å². The highest BCUT2D eigenvalue weighted by Gasteiger charge is 2.13. The van der Waals surface area contributed by atoms with E-state index in [2.05, 4.69) is 48.6 Å². The molecule has 1 aromatic carbocycles. The van der Waals surface area contributed by atoms with Gasteiger partial charge in [-0.05, 0) is 49.8 Å². The van der Waals surface area contributed by atoms with E-state index in [4.69, 9.17) is 0 Å². The van der Waals surface area contributed by atoms with E-state index in [-0.39, 0.29) is 29.9 Å². The molecule has 6 heteroatoms. The molecule has 26 heavy (non-hydrogen) atoms. The zero-order chi connectivity index (χ0) is 18.9. The van der Waals surface area contributed by atoms with E-state index in [1.807, 2.05) is 31.2 Å². The van der Waals surface area contributed by atoms with Crippen molar-refractivity contribution in [3.05, 3.63) is 35.4 Å². The summed E-state index contributed by atoms with van der Waals surface area (Å²) in [7, 11) is 1.78. The van der Waals surface area contributed by atoms with Gasteiger partial charge in [0.1, 0.15) is 0 Å². The number of nitrogens with zero attached hydrogens (tertiary/aromatic N) is 1. The Labute approximate surface area is 175 Å². The third kappa shape index (κ3) is 9.99. The van der Waals surface area contributed by atoms with Gasteiger partial charge < -0.3 is 16.0 Å². The van der Waals surface area contributed by atoms with Crippen LogP contribution in [0.1, 0.15) is 63.4 Å². The van der Waals surface area contributed by atoms with Gasteiger partial charge in [0.15, 0.2) is 5.96 Å². The van der Waals surface area contributed by atoms with Crippen LogP contribution in [0.4, 0.5) is 0 Å². The molecule has 3 N–H and O–H groups in total. The fourth-order valence-corrected chi connectivity index (χ4v) is 2.37. The van der Waals surface area contributed by atoms with E-state index in [0.29, 0.717) is 30.1 Å². The zero-order valence-electron chi connectivity index (χ0n) is 17.0. The number of amides is 1. The van der Waals surface area contributed by atoms with E-state index in [9.17, 15) is 4.79 Å². The number of hydrogen-bond acceptors (Lipinski definition) is 2. The third-order valence-electron chi connectivity index (χ3n) is 3.95. The van der Waals surface area contributed by atoms with Gasteiger partial charge in [-0.3, -0.25) is 9.79 Å². The van der Waals surface area contributed by atoms with Crippen molar-refractivity contribution in [1.82, 2.24) is 16.0 Å². The number of halogens is 1. The fourth-order valence-electron chi connectivity index (χ4n) is 2.37. The number of guanidine groups is 1. The Kier molecular flexibility index (Phi) is 11.5. The number of nitrogens with one attached hydrogen (secondary N) is 3. The molecule has 0 heterocycles. The molecule has 0 aliphatic rings. The second-order valence-corrected chi connectivity index (χ2v) is 7.63. The summed E-state index contributed by atoms with van der Waals surface area (Å²) in [4.78, 5) is 16.1. The van der Waals surface area contributed by atoms with Crippen LogP contribution < -0.4 is 16.0 Å². The van der Waals surface area contributed by atoms with Crippen LogP contribution >= 0.6 is 24.0 Å². The van der Waals surface area contributed by atoms with Crippen molar-refractivity contribution in [2.24, 2.45) is 10.4 Å². The zero-order valence-corrected chi connectivity index (χ0v) is 19.3. The normalized spacial score (nSPS) is 12.8. The Balaban J connectivity index is 0.00000625. The van der Waals surface area contributed by atoms with Crippen LogP contribution in [0.5, 0.6) is 0 Å². The van der Waals surface area contributed by atoms with E-state index in [0.717, 1.165) is 17.9 Å². The van der Waals surface area contributed by atoms with E-state index in [1.54, 1.807) is 7.05 Å². The summed E-state index contributed by atoms with van der Waals surface area (Å²) in [5.74, 6) is 0.765. The minimum absolute atomic E-state index is 0. The molecule has 0 aliphatic heterocycles. The maximum absolute atomic E-state index is 11.8. The number of rotatable bonds is 7. The van der Waals surface area contributed by atoms with Crippen LogP contribution in [0, 0.1) is 5.41 Å². The summed E-state index contributed by atoms with van der Waals surface area (Å²) in [6.45, 7) is 12.2. The number of hydrogen-bond donors (Lipinski definition) is 3. The summed E-state index contributed by atoms with van der Waals surface area (Å²) >= 11 is 0. The maximum Gasteiger partial charge on any atom is 0.251 e. The standard InChI is InChI=1S/C20H34N4O.HI/c1-7-22-18(25)17-10-8-16(9-11-17)14-23-19(21-6)24-15(2)12-13-20(3,4)5;/h8-11,15H,7,12-14H2,1-6H3,(H,22,25)(H2,21,23,24);1H. The minimum atomic E-state index is -0.0350. The SMILES string of the molecule is CCNC(=O)c1ccc(CNC(=NC)NC(C)CCC(C)(C)C)cc1.I. The molecule has 1 unspecified atom stereocenters. The quantitative estimate of drug-likeness (QED) is 0.319. The van der Waals surface area contributed by atoms with Crippen molar-refractivity contribution in [3.8, 4) is 0 Å². The van der Waals surface area contributed by atoms with E-state index >= 15 is 0 Å². The molecule has 0 radical (unpaired) electrons. The van der Waals surface area contributed by atoms with E-state index < -0.39 is 0 Å². The lowest BCUT2D eigenvalue weighted by molar-refractivity contribution is 0.0956. The number of aliphatic imine (C=N–C) groups is 1. The largest absolute Gasteiger partial charge is 0.354 e. The van der Waals surface area contributed by atoms with Gasteiger partial charge in [-0.1, -0.05) is 32.9 Å². The average Bonchev–Trinajstić information content (AvgIpc) is 2.56. The first kappa shape index (κ1) is 24.7. The van der Waals surface area contributed by atoms with Crippen LogP contribution in [0.2, 0.25) is 0 Å². The van der Waals surface area contributed by atoms with Crippen LogP contribution in [0.3, 0.4) is 0 Å². The summed E-state index contributed by atoms with van der Waals surface area (Å²) in [5, 5.41) is 9.56. The Bertz CT molecular complexity index is 564. The van der Waals surface area contributed by atoms with Crippen molar-refractivity contribution >= 4 is 35.8 Å². The highest BCUT2D eigenvalue weighted by Crippen LogP contribution is 2.21. The van der Waals surface area contributed by atoms with Crippen molar-refractivity contribution in [1.29, 1.82) is 0 Å². The third-order valence-corrected chi connectivity index (χ3v) is 3.95. The first-order chi connectivity index (χ1) is 11.7. The molecule has 0 fully saturated rings. The molecule has 0 aliphatic carbocycles. The molecular formula is C20H35IN4O. The first-order valence-corrected chi connectivity index (χ1v) is 9.09. The number of carbonyl (C=O) groups excluding carboxylic acids is 1. The Morgan fingerprint density at radius 2 is 1.77 bits per heavy atom. The van der Waals surface area contributed by atoms with Crippen molar-refractivity contribution in [2.75, 3.05) is 13.6 Å². The van der Waals surface area contributed by atoms with Crippen molar-refractivity contribution in [3.63, 3.8) is 0 Å². The lowest BCUT2D eigenvalue weighted by atomic mass is 9.89. The van der Waals surface area contributed by atoms with Gasteiger partial charge in [0.05, 0.1) is 0 Å². The lowest BCUT2D eigenvalue weighted by Gasteiger charge is -2.23. The molecule has 5 nitrogen and oxygen atoms in total. The van der Waals surface area contributed by atoms with Gasteiger partial charge >= 0.3 is 0 Å². The molecule has 0 spiro atoms.